The SMILES string of the molecule is CCCCCCCCCCCCCCCCCOC(OC)=C(OC)C(=O)Cl. The van der Waals surface area contributed by atoms with Crippen molar-refractivity contribution in [1.82, 2.24) is 0 Å². The van der Waals surface area contributed by atoms with Crippen LogP contribution in [0.1, 0.15) is 103 Å². The van der Waals surface area contributed by atoms with Crippen LogP contribution < -0.4 is 0 Å². The van der Waals surface area contributed by atoms with E-state index in [9.17, 15) is 4.79 Å². The fraction of sp³-hybridized carbons (Fsp3) is 0.864. The second-order valence-electron chi connectivity index (χ2n) is 7.10. The van der Waals surface area contributed by atoms with Crippen molar-refractivity contribution in [3.05, 3.63) is 11.7 Å². The number of ether oxygens (including phenoxy) is 3. The highest BCUT2D eigenvalue weighted by Crippen LogP contribution is 2.15. The molecule has 0 spiro atoms. The van der Waals surface area contributed by atoms with Crippen molar-refractivity contribution in [3.8, 4) is 0 Å². The lowest BCUT2D eigenvalue weighted by molar-refractivity contribution is -0.112. The van der Waals surface area contributed by atoms with Gasteiger partial charge in [-0.1, -0.05) is 96.8 Å². The van der Waals surface area contributed by atoms with Crippen LogP contribution >= 0.6 is 11.6 Å². The molecule has 0 rings (SSSR count). The van der Waals surface area contributed by atoms with Crippen LogP contribution in [-0.2, 0) is 19.0 Å². The van der Waals surface area contributed by atoms with E-state index in [-0.39, 0.29) is 11.7 Å². The molecule has 0 atom stereocenters. The fourth-order valence-electron chi connectivity index (χ4n) is 3.10. The molecule has 0 saturated heterocycles. The van der Waals surface area contributed by atoms with Crippen molar-refractivity contribution in [2.45, 2.75) is 103 Å². The lowest BCUT2D eigenvalue weighted by Crippen LogP contribution is -2.07. The summed E-state index contributed by atoms with van der Waals surface area (Å²) in [4.78, 5) is 11.2. The van der Waals surface area contributed by atoms with Crippen molar-refractivity contribution in [2.24, 2.45) is 0 Å². The lowest BCUT2D eigenvalue weighted by Gasteiger charge is -2.11. The van der Waals surface area contributed by atoms with E-state index < -0.39 is 5.24 Å². The minimum absolute atomic E-state index is 0.0582. The molecule has 0 bridgehead atoms. The van der Waals surface area contributed by atoms with E-state index in [0.717, 1.165) is 12.8 Å². The van der Waals surface area contributed by atoms with Gasteiger partial charge in [-0.3, -0.25) is 4.79 Å². The molecule has 0 unspecified atom stereocenters. The summed E-state index contributed by atoms with van der Waals surface area (Å²) in [6, 6.07) is 0. The Balaban J connectivity index is 3.42. The highest BCUT2D eigenvalue weighted by molar-refractivity contribution is 6.67. The van der Waals surface area contributed by atoms with Crippen LogP contribution in [0.5, 0.6) is 0 Å². The Hall–Kier alpha value is -0.900. The molecule has 0 aliphatic rings. The quantitative estimate of drug-likeness (QED) is 0.0938. The molecule has 0 N–H and O–H groups in total. The van der Waals surface area contributed by atoms with Gasteiger partial charge < -0.3 is 14.2 Å². The first-order chi connectivity index (χ1) is 13.2. The van der Waals surface area contributed by atoms with E-state index in [0.29, 0.717) is 6.61 Å². The van der Waals surface area contributed by atoms with E-state index in [4.69, 9.17) is 25.8 Å². The molecule has 0 heterocycles. The van der Waals surface area contributed by atoms with E-state index in [1.807, 2.05) is 0 Å². The minimum atomic E-state index is -0.717. The van der Waals surface area contributed by atoms with Gasteiger partial charge in [0.25, 0.3) is 11.0 Å². The summed E-state index contributed by atoms with van der Waals surface area (Å²) < 4.78 is 15.4. The number of rotatable bonds is 20. The van der Waals surface area contributed by atoms with Gasteiger partial charge in [-0.25, -0.2) is 0 Å². The van der Waals surface area contributed by atoms with E-state index in [2.05, 4.69) is 6.92 Å². The van der Waals surface area contributed by atoms with Crippen LogP contribution in [0.15, 0.2) is 11.7 Å². The number of unbranched alkanes of at least 4 members (excludes halogenated alkanes) is 14. The molecule has 0 aromatic heterocycles. The molecule has 0 aliphatic carbocycles. The molecular weight excluding hydrogens is 364 g/mol. The van der Waals surface area contributed by atoms with Gasteiger partial charge in [-0.2, -0.15) is 0 Å². The predicted octanol–water partition coefficient (Wildman–Crippen LogP) is 7.10. The zero-order valence-corrected chi connectivity index (χ0v) is 18.6. The highest BCUT2D eigenvalue weighted by Gasteiger charge is 2.16. The predicted molar refractivity (Wildman–Crippen MR) is 113 cm³/mol. The van der Waals surface area contributed by atoms with Gasteiger partial charge in [-0.05, 0) is 18.0 Å². The summed E-state index contributed by atoms with van der Waals surface area (Å²) in [5, 5.41) is -0.717. The average Bonchev–Trinajstić information content (AvgIpc) is 2.66. The molecule has 0 radical (unpaired) electrons. The largest absolute Gasteiger partial charge is 0.487 e. The van der Waals surface area contributed by atoms with Crippen molar-refractivity contribution >= 4 is 16.8 Å². The first-order valence-electron chi connectivity index (χ1n) is 10.8. The molecule has 0 fully saturated rings. The average molecular weight is 405 g/mol. The van der Waals surface area contributed by atoms with Gasteiger partial charge in [0, 0.05) is 0 Å². The maximum Gasteiger partial charge on any atom is 0.328 e. The summed E-state index contributed by atoms with van der Waals surface area (Å²) >= 11 is 5.41. The molecule has 160 valence electrons. The Kier molecular flexibility index (Phi) is 19.2. The monoisotopic (exact) mass is 404 g/mol. The van der Waals surface area contributed by atoms with E-state index in [1.54, 1.807) is 0 Å². The van der Waals surface area contributed by atoms with Crippen LogP contribution in [0.25, 0.3) is 0 Å². The Bertz CT molecular complexity index is 383. The first-order valence-corrected chi connectivity index (χ1v) is 11.2. The number of halogens is 1. The number of carbonyl (C=O) groups excluding carboxylic acids is 1. The van der Waals surface area contributed by atoms with Crippen molar-refractivity contribution in [1.29, 1.82) is 0 Å². The van der Waals surface area contributed by atoms with Gasteiger partial charge in [0.05, 0.1) is 20.8 Å². The maximum absolute atomic E-state index is 11.2. The van der Waals surface area contributed by atoms with E-state index in [1.165, 1.54) is 97.7 Å². The minimum Gasteiger partial charge on any atom is -0.487 e. The molecule has 0 saturated carbocycles. The molecule has 4 nitrogen and oxygen atoms in total. The zero-order valence-electron chi connectivity index (χ0n) is 17.8. The molecule has 0 aromatic carbocycles. The Morgan fingerprint density at radius 2 is 1.07 bits per heavy atom. The second-order valence-corrected chi connectivity index (χ2v) is 7.44. The van der Waals surface area contributed by atoms with Crippen LogP contribution in [0.3, 0.4) is 0 Å². The Morgan fingerprint density at radius 3 is 1.41 bits per heavy atom. The first kappa shape index (κ1) is 26.1. The van der Waals surface area contributed by atoms with E-state index >= 15 is 0 Å². The smallest absolute Gasteiger partial charge is 0.328 e. The number of allylic oxidation sites excluding steroid dienone is 1. The zero-order chi connectivity index (χ0) is 20.2. The van der Waals surface area contributed by atoms with Crippen LogP contribution in [0, 0.1) is 0 Å². The molecule has 27 heavy (non-hydrogen) atoms. The van der Waals surface area contributed by atoms with Crippen molar-refractivity contribution < 1.29 is 19.0 Å². The third-order valence-electron chi connectivity index (χ3n) is 4.73. The Morgan fingerprint density at radius 1 is 0.667 bits per heavy atom. The molecule has 0 aromatic rings. The summed E-state index contributed by atoms with van der Waals surface area (Å²) in [5.41, 5.74) is 0. The number of methoxy groups -OCH3 is 2. The summed E-state index contributed by atoms with van der Waals surface area (Å²) in [5.74, 6) is -0.0250. The fourth-order valence-corrected chi connectivity index (χ4v) is 3.25. The van der Waals surface area contributed by atoms with Crippen LogP contribution in [0.4, 0.5) is 0 Å². The summed E-state index contributed by atoms with van der Waals surface area (Å²) in [6.07, 6.45) is 19.9. The van der Waals surface area contributed by atoms with Gasteiger partial charge >= 0.3 is 5.95 Å². The number of hydrogen-bond donors (Lipinski definition) is 0. The number of hydrogen-bond acceptors (Lipinski definition) is 4. The second kappa shape index (κ2) is 19.9. The standard InChI is InChI=1S/C22H41ClO4/c1-4-5-6-7-8-9-10-11-12-13-14-15-16-17-18-19-27-22(26-3)20(25-2)21(23)24/h4-19H2,1-3H3. The van der Waals surface area contributed by atoms with Crippen molar-refractivity contribution in [3.63, 3.8) is 0 Å². The van der Waals surface area contributed by atoms with Gasteiger partial charge in [0.2, 0.25) is 0 Å². The lowest BCUT2D eigenvalue weighted by atomic mass is 10.0. The Labute approximate surface area is 172 Å². The molecule has 0 amide bonds. The van der Waals surface area contributed by atoms with Crippen LogP contribution in [-0.4, -0.2) is 26.1 Å². The van der Waals surface area contributed by atoms with Crippen LogP contribution in [0.2, 0.25) is 0 Å². The van der Waals surface area contributed by atoms with Gasteiger partial charge in [0.15, 0.2) is 0 Å². The van der Waals surface area contributed by atoms with Crippen molar-refractivity contribution in [2.75, 3.05) is 20.8 Å². The summed E-state index contributed by atoms with van der Waals surface area (Å²) in [6.45, 7) is 2.77. The topological polar surface area (TPSA) is 44.8 Å². The molecule has 5 heteroatoms. The van der Waals surface area contributed by atoms with Gasteiger partial charge in [-0.15, -0.1) is 0 Å². The number of carbonyl (C=O) groups is 1. The molecular formula is C22H41ClO4. The maximum atomic E-state index is 11.2. The van der Waals surface area contributed by atoms with Gasteiger partial charge in [0.1, 0.15) is 0 Å². The third-order valence-corrected chi connectivity index (χ3v) is 4.91. The normalized spacial score (nSPS) is 11.9. The molecule has 0 aliphatic heterocycles. The highest BCUT2D eigenvalue weighted by atomic mass is 35.5. The third kappa shape index (κ3) is 15.8. The summed E-state index contributed by atoms with van der Waals surface area (Å²) in [7, 11) is 2.80.